The lowest BCUT2D eigenvalue weighted by Gasteiger charge is -2.22. The SMILES string of the molecule is Cc1cc(Cl)c2ccccc2c1NC(=O)C1CCOCC1. The summed E-state index contributed by atoms with van der Waals surface area (Å²) in [6.45, 7) is 3.30. The largest absolute Gasteiger partial charge is 0.381 e. The minimum Gasteiger partial charge on any atom is -0.381 e. The minimum absolute atomic E-state index is 0.0348. The highest BCUT2D eigenvalue weighted by Crippen LogP contribution is 2.33. The van der Waals surface area contributed by atoms with Gasteiger partial charge >= 0.3 is 0 Å². The molecule has 3 rings (SSSR count). The summed E-state index contributed by atoms with van der Waals surface area (Å²) in [4.78, 5) is 12.4. The Kier molecular flexibility index (Phi) is 4.13. The van der Waals surface area contributed by atoms with Gasteiger partial charge in [-0.1, -0.05) is 35.9 Å². The van der Waals surface area contributed by atoms with Gasteiger partial charge in [0.1, 0.15) is 0 Å². The molecule has 1 aliphatic rings. The van der Waals surface area contributed by atoms with Gasteiger partial charge in [-0.15, -0.1) is 0 Å². The highest BCUT2D eigenvalue weighted by Gasteiger charge is 2.22. The molecule has 1 aliphatic heterocycles. The molecule has 0 spiro atoms. The van der Waals surface area contributed by atoms with Crippen LogP contribution >= 0.6 is 11.6 Å². The van der Waals surface area contributed by atoms with Gasteiger partial charge in [0.2, 0.25) is 5.91 Å². The average Bonchev–Trinajstić information content (AvgIpc) is 2.52. The number of benzene rings is 2. The molecule has 2 aromatic carbocycles. The molecular weight excluding hydrogens is 286 g/mol. The molecule has 0 aromatic heterocycles. The van der Waals surface area contributed by atoms with Crippen LogP contribution in [0.2, 0.25) is 5.02 Å². The summed E-state index contributed by atoms with van der Waals surface area (Å²) < 4.78 is 5.31. The minimum atomic E-state index is 0.0348. The van der Waals surface area contributed by atoms with E-state index in [0.717, 1.165) is 34.9 Å². The van der Waals surface area contributed by atoms with E-state index in [1.54, 1.807) is 0 Å². The van der Waals surface area contributed by atoms with Crippen LogP contribution in [0, 0.1) is 12.8 Å². The number of rotatable bonds is 2. The number of fused-ring (bicyclic) bond motifs is 1. The number of anilines is 1. The Morgan fingerprint density at radius 2 is 1.90 bits per heavy atom. The lowest BCUT2D eigenvalue weighted by atomic mass is 9.98. The highest BCUT2D eigenvalue weighted by molar-refractivity contribution is 6.36. The van der Waals surface area contributed by atoms with Crippen molar-refractivity contribution in [1.82, 2.24) is 0 Å². The maximum absolute atomic E-state index is 12.4. The van der Waals surface area contributed by atoms with Crippen LogP contribution in [0.5, 0.6) is 0 Å². The molecule has 1 N–H and O–H groups in total. The standard InChI is InChI=1S/C17H18ClNO2/c1-11-10-15(18)13-4-2-3-5-14(13)16(11)19-17(20)12-6-8-21-9-7-12/h2-5,10,12H,6-9H2,1H3,(H,19,20). The Labute approximate surface area is 129 Å². The van der Waals surface area contributed by atoms with E-state index < -0.39 is 0 Å². The Morgan fingerprint density at radius 1 is 1.24 bits per heavy atom. The fourth-order valence-electron chi connectivity index (χ4n) is 2.81. The fraction of sp³-hybridized carbons (Fsp3) is 0.353. The Hall–Kier alpha value is -1.58. The first-order chi connectivity index (χ1) is 10.2. The van der Waals surface area contributed by atoms with Gasteiger partial charge in [0.05, 0.1) is 5.69 Å². The van der Waals surface area contributed by atoms with E-state index in [0.29, 0.717) is 18.2 Å². The zero-order valence-corrected chi connectivity index (χ0v) is 12.7. The molecule has 1 heterocycles. The molecule has 0 unspecified atom stereocenters. The molecule has 3 nitrogen and oxygen atoms in total. The summed E-state index contributed by atoms with van der Waals surface area (Å²) in [5.74, 6) is 0.112. The second-order valence-corrected chi connectivity index (χ2v) is 5.88. The Balaban J connectivity index is 1.94. The van der Waals surface area contributed by atoms with E-state index in [-0.39, 0.29) is 11.8 Å². The summed E-state index contributed by atoms with van der Waals surface area (Å²) in [7, 11) is 0. The molecule has 4 heteroatoms. The number of ether oxygens (including phenoxy) is 1. The van der Waals surface area contributed by atoms with E-state index >= 15 is 0 Å². The van der Waals surface area contributed by atoms with E-state index in [9.17, 15) is 4.79 Å². The topological polar surface area (TPSA) is 38.3 Å². The van der Waals surface area contributed by atoms with Gasteiger partial charge in [0.25, 0.3) is 0 Å². The molecule has 110 valence electrons. The van der Waals surface area contributed by atoms with Crippen molar-refractivity contribution in [2.24, 2.45) is 5.92 Å². The van der Waals surface area contributed by atoms with Crippen LogP contribution in [0.4, 0.5) is 5.69 Å². The lowest BCUT2D eigenvalue weighted by Crippen LogP contribution is -2.28. The second-order valence-electron chi connectivity index (χ2n) is 5.47. The van der Waals surface area contributed by atoms with Gasteiger partial charge in [0.15, 0.2) is 0 Å². The first kappa shape index (κ1) is 14.4. The summed E-state index contributed by atoms with van der Waals surface area (Å²) in [5.41, 5.74) is 1.85. The normalized spacial score (nSPS) is 16.1. The molecule has 21 heavy (non-hydrogen) atoms. The second kappa shape index (κ2) is 6.04. The van der Waals surface area contributed by atoms with Crippen molar-refractivity contribution < 1.29 is 9.53 Å². The summed E-state index contributed by atoms with van der Waals surface area (Å²) in [6.07, 6.45) is 1.58. The molecule has 0 atom stereocenters. The summed E-state index contributed by atoms with van der Waals surface area (Å²) in [6, 6.07) is 9.79. The molecule has 0 saturated carbocycles. The monoisotopic (exact) mass is 303 g/mol. The van der Waals surface area contributed by atoms with Crippen LogP contribution in [0.3, 0.4) is 0 Å². The van der Waals surface area contributed by atoms with E-state index in [2.05, 4.69) is 5.32 Å². The van der Waals surface area contributed by atoms with Crippen molar-refractivity contribution in [3.8, 4) is 0 Å². The smallest absolute Gasteiger partial charge is 0.227 e. The third-order valence-electron chi connectivity index (χ3n) is 4.03. The number of aryl methyl sites for hydroxylation is 1. The number of halogens is 1. The van der Waals surface area contributed by atoms with Crippen LogP contribution in [-0.2, 0) is 9.53 Å². The molecule has 0 bridgehead atoms. The van der Waals surface area contributed by atoms with Gasteiger partial charge in [-0.3, -0.25) is 4.79 Å². The lowest BCUT2D eigenvalue weighted by molar-refractivity contribution is -0.122. The first-order valence-electron chi connectivity index (χ1n) is 7.23. The van der Waals surface area contributed by atoms with Gasteiger partial charge < -0.3 is 10.1 Å². The van der Waals surface area contributed by atoms with Crippen LogP contribution in [0.1, 0.15) is 18.4 Å². The summed E-state index contributed by atoms with van der Waals surface area (Å²) >= 11 is 6.29. The number of hydrogen-bond acceptors (Lipinski definition) is 2. The number of hydrogen-bond donors (Lipinski definition) is 1. The van der Waals surface area contributed by atoms with E-state index in [4.69, 9.17) is 16.3 Å². The molecule has 2 aromatic rings. The maximum atomic E-state index is 12.4. The number of carbonyl (C=O) groups excluding carboxylic acids is 1. The number of nitrogens with one attached hydrogen (secondary N) is 1. The van der Waals surface area contributed by atoms with Crippen LogP contribution in [0.25, 0.3) is 10.8 Å². The third-order valence-corrected chi connectivity index (χ3v) is 4.34. The quantitative estimate of drug-likeness (QED) is 0.904. The molecule has 0 aliphatic carbocycles. The average molecular weight is 304 g/mol. The highest BCUT2D eigenvalue weighted by atomic mass is 35.5. The summed E-state index contributed by atoms with van der Waals surface area (Å²) in [5, 5.41) is 5.77. The molecular formula is C17H18ClNO2. The Bertz CT molecular complexity index is 678. The van der Waals surface area contributed by atoms with Crippen molar-refractivity contribution in [2.75, 3.05) is 18.5 Å². The molecule has 1 fully saturated rings. The molecule has 1 saturated heterocycles. The fourth-order valence-corrected chi connectivity index (χ4v) is 3.14. The van der Waals surface area contributed by atoms with Crippen LogP contribution in [-0.4, -0.2) is 19.1 Å². The Morgan fingerprint density at radius 3 is 2.62 bits per heavy atom. The van der Waals surface area contributed by atoms with E-state index in [1.165, 1.54) is 0 Å². The van der Waals surface area contributed by atoms with Gasteiger partial charge in [-0.25, -0.2) is 0 Å². The number of carbonyl (C=O) groups is 1. The predicted octanol–water partition coefficient (Wildman–Crippen LogP) is 4.17. The number of amides is 1. The van der Waals surface area contributed by atoms with Crippen molar-refractivity contribution in [3.63, 3.8) is 0 Å². The van der Waals surface area contributed by atoms with Crippen molar-refractivity contribution in [1.29, 1.82) is 0 Å². The predicted molar refractivity (Wildman–Crippen MR) is 85.9 cm³/mol. The third kappa shape index (κ3) is 2.89. The van der Waals surface area contributed by atoms with E-state index in [1.807, 2.05) is 37.3 Å². The van der Waals surface area contributed by atoms with Crippen molar-refractivity contribution in [3.05, 3.63) is 40.9 Å². The zero-order chi connectivity index (χ0) is 14.8. The molecule has 0 radical (unpaired) electrons. The van der Waals surface area contributed by atoms with Gasteiger partial charge in [-0.2, -0.15) is 0 Å². The first-order valence-corrected chi connectivity index (χ1v) is 7.61. The van der Waals surface area contributed by atoms with Crippen molar-refractivity contribution >= 4 is 34.0 Å². The van der Waals surface area contributed by atoms with Gasteiger partial charge in [0, 0.05) is 34.9 Å². The van der Waals surface area contributed by atoms with Crippen LogP contribution in [0.15, 0.2) is 30.3 Å². The van der Waals surface area contributed by atoms with Crippen LogP contribution < -0.4 is 5.32 Å². The van der Waals surface area contributed by atoms with Crippen molar-refractivity contribution in [2.45, 2.75) is 19.8 Å². The zero-order valence-electron chi connectivity index (χ0n) is 12.0. The maximum Gasteiger partial charge on any atom is 0.227 e. The van der Waals surface area contributed by atoms with Gasteiger partial charge in [-0.05, 0) is 31.4 Å². The molecule has 1 amide bonds.